The topological polar surface area (TPSA) is 72.9 Å². The molecule has 0 unspecified atom stereocenters. The molecule has 0 saturated carbocycles. The van der Waals surface area contributed by atoms with E-state index in [4.69, 9.17) is 5.73 Å². The fourth-order valence-corrected chi connectivity index (χ4v) is 2.81. The maximum atomic E-state index is 12.0. The Morgan fingerprint density at radius 2 is 1.83 bits per heavy atom. The average Bonchev–Trinajstić information content (AvgIpc) is 2.88. The summed E-state index contributed by atoms with van der Waals surface area (Å²) in [6.07, 6.45) is 4.71. The number of para-hydroxylation sites is 1. The minimum atomic E-state index is 0.106. The molecule has 0 aliphatic carbocycles. The van der Waals surface area contributed by atoms with Crippen LogP contribution in [0.15, 0.2) is 30.3 Å². The van der Waals surface area contributed by atoms with Gasteiger partial charge in [-0.3, -0.25) is 4.79 Å². The fraction of sp³-hybridized carbons (Fsp3) is 0.474. The summed E-state index contributed by atoms with van der Waals surface area (Å²) < 4.78 is 1.93. The van der Waals surface area contributed by atoms with Crippen LogP contribution in [0.2, 0.25) is 0 Å². The molecule has 0 aliphatic rings. The SMILES string of the molecule is Cc1nn(-c2ccccc2)c(C)c1CNC(=O)CCCCCCN. The van der Waals surface area contributed by atoms with Crippen LogP contribution in [0.4, 0.5) is 0 Å². The molecular formula is C19H28N4O. The van der Waals surface area contributed by atoms with E-state index in [0.717, 1.165) is 54.9 Å². The van der Waals surface area contributed by atoms with E-state index in [1.807, 2.05) is 48.9 Å². The molecule has 0 saturated heterocycles. The van der Waals surface area contributed by atoms with Crippen molar-refractivity contribution in [2.75, 3.05) is 6.54 Å². The van der Waals surface area contributed by atoms with Crippen LogP contribution in [0.1, 0.15) is 49.1 Å². The quantitative estimate of drug-likeness (QED) is 0.695. The maximum absolute atomic E-state index is 12.0. The van der Waals surface area contributed by atoms with E-state index >= 15 is 0 Å². The van der Waals surface area contributed by atoms with E-state index in [1.165, 1.54) is 0 Å². The molecule has 5 heteroatoms. The third-order valence-electron chi connectivity index (χ3n) is 4.26. The number of unbranched alkanes of at least 4 members (excludes halogenated alkanes) is 3. The fourth-order valence-electron chi connectivity index (χ4n) is 2.81. The number of aryl methyl sites for hydroxylation is 1. The molecule has 0 fully saturated rings. The summed E-state index contributed by atoms with van der Waals surface area (Å²) in [6.45, 7) is 5.30. The molecule has 0 radical (unpaired) electrons. The number of carbonyl (C=O) groups is 1. The van der Waals surface area contributed by atoms with Gasteiger partial charge in [0.2, 0.25) is 5.91 Å². The van der Waals surface area contributed by atoms with Crippen molar-refractivity contribution in [3.63, 3.8) is 0 Å². The maximum Gasteiger partial charge on any atom is 0.220 e. The van der Waals surface area contributed by atoms with Crippen molar-refractivity contribution in [1.82, 2.24) is 15.1 Å². The molecule has 5 nitrogen and oxygen atoms in total. The van der Waals surface area contributed by atoms with Gasteiger partial charge >= 0.3 is 0 Å². The first-order valence-electron chi connectivity index (χ1n) is 8.70. The van der Waals surface area contributed by atoms with Crippen LogP contribution in [0.25, 0.3) is 5.69 Å². The van der Waals surface area contributed by atoms with Gasteiger partial charge in [-0.2, -0.15) is 5.10 Å². The number of aromatic nitrogens is 2. The molecule has 1 aromatic carbocycles. The van der Waals surface area contributed by atoms with Gasteiger partial charge in [-0.25, -0.2) is 4.68 Å². The second-order valence-corrected chi connectivity index (χ2v) is 6.13. The molecule has 0 bridgehead atoms. The van der Waals surface area contributed by atoms with Crippen LogP contribution < -0.4 is 11.1 Å². The van der Waals surface area contributed by atoms with Crippen LogP contribution in [0.3, 0.4) is 0 Å². The largest absolute Gasteiger partial charge is 0.352 e. The molecule has 130 valence electrons. The van der Waals surface area contributed by atoms with E-state index in [9.17, 15) is 4.79 Å². The van der Waals surface area contributed by atoms with Crippen molar-refractivity contribution in [2.24, 2.45) is 5.73 Å². The number of carbonyl (C=O) groups excluding carboxylic acids is 1. The Kier molecular flexibility index (Phi) is 7.00. The van der Waals surface area contributed by atoms with Gasteiger partial charge < -0.3 is 11.1 Å². The number of nitrogens with one attached hydrogen (secondary N) is 1. The predicted molar refractivity (Wildman–Crippen MR) is 97.0 cm³/mol. The van der Waals surface area contributed by atoms with Crippen LogP contribution in [0, 0.1) is 13.8 Å². The third-order valence-corrected chi connectivity index (χ3v) is 4.26. The first-order chi connectivity index (χ1) is 11.6. The predicted octanol–water partition coefficient (Wildman–Crippen LogP) is 3.01. The number of rotatable bonds is 9. The van der Waals surface area contributed by atoms with Gasteiger partial charge in [-0.05, 0) is 45.4 Å². The highest BCUT2D eigenvalue weighted by molar-refractivity contribution is 5.75. The lowest BCUT2D eigenvalue weighted by molar-refractivity contribution is -0.121. The highest BCUT2D eigenvalue weighted by Crippen LogP contribution is 2.17. The Bertz CT molecular complexity index is 649. The summed E-state index contributed by atoms with van der Waals surface area (Å²) in [7, 11) is 0. The highest BCUT2D eigenvalue weighted by atomic mass is 16.1. The lowest BCUT2D eigenvalue weighted by Crippen LogP contribution is -2.23. The van der Waals surface area contributed by atoms with E-state index in [0.29, 0.717) is 13.0 Å². The number of benzene rings is 1. The van der Waals surface area contributed by atoms with Crippen LogP contribution >= 0.6 is 0 Å². The first kappa shape index (κ1) is 18.2. The summed E-state index contributed by atoms with van der Waals surface area (Å²) >= 11 is 0. The molecule has 0 spiro atoms. The normalized spacial score (nSPS) is 10.8. The van der Waals surface area contributed by atoms with Gasteiger partial charge in [-0.15, -0.1) is 0 Å². The molecule has 1 heterocycles. The molecule has 2 rings (SSSR count). The molecule has 3 N–H and O–H groups in total. The zero-order valence-electron chi connectivity index (χ0n) is 14.7. The molecule has 1 amide bonds. The van der Waals surface area contributed by atoms with Crippen molar-refractivity contribution in [2.45, 2.75) is 52.5 Å². The summed E-state index contributed by atoms with van der Waals surface area (Å²) in [5.41, 5.74) is 9.63. The zero-order valence-corrected chi connectivity index (χ0v) is 14.7. The van der Waals surface area contributed by atoms with Crippen molar-refractivity contribution < 1.29 is 4.79 Å². The van der Waals surface area contributed by atoms with Gasteiger partial charge in [-0.1, -0.05) is 31.0 Å². The van der Waals surface area contributed by atoms with Crippen LogP contribution in [-0.2, 0) is 11.3 Å². The van der Waals surface area contributed by atoms with Crippen molar-refractivity contribution >= 4 is 5.91 Å². The number of hydrogen-bond donors (Lipinski definition) is 2. The van der Waals surface area contributed by atoms with Crippen LogP contribution in [0.5, 0.6) is 0 Å². The minimum Gasteiger partial charge on any atom is -0.352 e. The minimum absolute atomic E-state index is 0.106. The Morgan fingerprint density at radius 3 is 2.54 bits per heavy atom. The van der Waals surface area contributed by atoms with Gasteiger partial charge in [0, 0.05) is 24.2 Å². The molecule has 2 aromatic rings. The third kappa shape index (κ3) is 4.93. The van der Waals surface area contributed by atoms with E-state index < -0.39 is 0 Å². The van der Waals surface area contributed by atoms with Crippen molar-refractivity contribution in [1.29, 1.82) is 0 Å². The van der Waals surface area contributed by atoms with Gasteiger partial charge in [0.1, 0.15) is 0 Å². The van der Waals surface area contributed by atoms with E-state index in [1.54, 1.807) is 0 Å². The molecule has 24 heavy (non-hydrogen) atoms. The summed E-state index contributed by atoms with van der Waals surface area (Å²) in [5, 5.41) is 7.63. The van der Waals surface area contributed by atoms with Gasteiger partial charge in [0.15, 0.2) is 0 Å². The molecule has 1 aromatic heterocycles. The lowest BCUT2D eigenvalue weighted by atomic mass is 10.1. The summed E-state index contributed by atoms with van der Waals surface area (Å²) in [6, 6.07) is 10.0. The number of amides is 1. The highest BCUT2D eigenvalue weighted by Gasteiger charge is 2.13. The average molecular weight is 328 g/mol. The summed E-state index contributed by atoms with van der Waals surface area (Å²) in [4.78, 5) is 12.0. The van der Waals surface area contributed by atoms with Crippen molar-refractivity contribution in [3.05, 3.63) is 47.3 Å². The number of nitrogens with zero attached hydrogens (tertiary/aromatic N) is 2. The van der Waals surface area contributed by atoms with E-state index in [2.05, 4.69) is 10.4 Å². The van der Waals surface area contributed by atoms with Gasteiger partial charge in [0.25, 0.3) is 0 Å². The first-order valence-corrected chi connectivity index (χ1v) is 8.70. The molecular weight excluding hydrogens is 300 g/mol. The lowest BCUT2D eigenvalue weighted by Gasteiger charge is -2.07. The Labute approximate surface area is 144 Å². The molecule has 0 atom stereocenters. The second-order valence-electron chi connectivity index (χ2n) is 6.13. The number of nitrogens with two attached hydrogens (primary N) is 1. The van der Waals surface area contributed by atoms with Crippen molar-refractivity contribution in [3.8, 4) is 5.69 Å². The Balaban J connectivity index is 1.89. The smallest absolute Gasteiger partial charge is 0.220 e. The van der Waals surface area contributed by atoms with Gasteiger partial charge in [0.05, 0.1) is 11.4 Å². The monoisotopic (exact) mass is 328 g/mol. The summed E-state index contributed by atoms with van der Waals surface area (Å²) in [5.74, 6) is 0.106. The zero-order chi connectivity index (χ0) is 17.4. The number of hydrogen-bond acceptors (Lipinski definition) is 3. The Morgan fingerprint density at radius 1 is 1.12 bits per heavy atom. The second kappa shape index (κ2) is 9.23. The van der Waals surface area contributed by atoms with Crippen LogP contribution in [-0.4, -0.2) is 22.2 Å². The van der Waals surface area contributed by atoms with E-state index in [-0.39, 0.29) is 5.91 Å². The standard InChI is InChI=1S/C19H28N4O/c1-15-18(14-21-19(24)12-8-3-4-9-13-20)16(2)23(22-15)17-10-6-5-7-11-17/h5-7,10-11H,3-4,8-9,12-14,20H2,1-2H3,(H,21,24). The Hall–Kier alpha value is -2.14. The molecule has 0 aliphatic heterocycles.